The maximum Gasteiger partial charge on any atom is 0.194 e. The van der Waals surface area contributed by atoms with Crippen LogP contribution in [0.15, 0.2) is 30.3 Å². The van der Waals surface area contributed by atoms with Crippen LogP contribution >= 0.6 is 12.2 Å². The van der Waals surface area contributed by atoms with E-state index in [-0.39, 0.29) is 5.41 Å². The molecule has 16 heavy (non-hydrogen) atoms. The van der Waals surface area contributed by atoms with Crippen molar-refractivity contribution in [3.05, 3.63) is 46.5 Å². The van der Waals surface area contributed by atoms with Gasteiger partial charge in [0, 0.05) is 7.05 Å². The third kappa shape index (κ3) is 1.26. The summed E-state index contributed by atoms with van der Waals surface area (Å²) in [4.78, 5) is 0. The second-order valence-corrected chi connectivity index (χ2v) is 4.75. The lowest BCUT2D eigenvalue weighted by molar-refractivity contribution is 0.689. The quantitative estimate of drug-likeness (QED) is 0.806. The summed E-state index contributed by atoms with van der Waals surface area (Å²) in [6.07, 6.45) is 2.31. The van der Waals surface area contributed by atoms with E-state index < -0.39 is 0 Å². The van der Waals surface area contributed by atoms with Crippen LogP contribution in [0.1, 0.15) is 24.2 Å². The Morgan fingerprint density at radius 2 is 2.00 bits per heavy atom. The van der Waals surface area contributed by atoms with Gasteiger partial charge in [-0.25, -0.2) is 0 Å². The first kappa shape index (κ1) is 9.78. The molecule has 1 heterocycles. The third-order valence-corrected chi connectivity index (χ3v) is 3.75. The van der Waals surface area contributed by atoms with E-state index in [0.717, 1.165) is 18.7 Å². The van der Waals surface area contributed by atoms with Crippen LogP contribution in [0.4, 0.5) is 0 Å². The predicted molar refractivity (Wildman–Crippen MR) is 64.8 cm³/mol. The predicted octanol–water partition coefficient (Wildman–Crippen LogP) is 2.56. The zero-order chi connectivity index (χ0) is 11.2. The molecule has 2 aromatic rings. The minimum absolute atomic E-state index is 0.101. The van der Waals surface area contributed by atoms with Crippen molar-refractivity contribution in [3.8, 4) is 0 Å². The largest absolute Gasteiger partial charge is 0.307 e. The summed E-state index contributed by atoms with van der Waals surface area (Å²) in [5.74, 6) is 1.06. The summed E-state index contributed by atoms with van der Waals surface area (Å²) in [5, 5.41) is 7.24. The molecule has 0 amide bonds. The van der Waals surface area contributed by atoms with Gasteiger partial charge in [-0.15, -0.1) is 0 Å². The second kappa shape index (κ2) is 3.28. The molecule has 0 aliphatic heterocycles. The first-order valence-corrected chi connectivity index (χ1v) is 5.82. The van der Waals surface area contributed by atoms with Gasteiger partial charge in [-0.05, 0) is 30.6 Å². The van der Waals surface area contributed by atoms with Gasteiger partial charge in [0.05, 0.1) is 5.41 Å². The standard InChI is InChI=1S/C12H13N3S/c1-15-10(13-14-11(15)16)12(7-8-12)9-5-3-2-4-6-9/h2-6H,7-8H2,1H3,(H,14,16). The Morgan fingerprint density at radius 3 is 2.50 bits per heavy atom. The van der Waals surface area contributed by atoms with Gasteiger partial charge >= 0.3 is 0 Å². The number of hydrogen-bond acceptors (Lipinski definition) is 2. The molecular weight excluding hydrogens is 218 g/mol. The normalized spacial score (nSPS) is 17.3. The second-order valence-electron chi connectivity index (χ2n) is 4.36. The van der Waals surface area contributed by atoms with Crippen molar-refractivity contribution in [2.45, 2.75) is 18.3 Å². The van der Waals surface area contributed by atoms with Gasteiger partial charge < -0.3 is 4.57 Å². The third-order valence-electron chi connectivity index (χ3n) is 3.38. The molecule has 82 valence electrons. The molecule has 1 N–H and O–H groups in total. The zero-order valence-corrected chi connectivity index (χ0v) is 9.92. The fourth-order valence-electron chi connectivity index (χ4n) is 2.30. The molecule has 0 radical (unpaired) electrons. The average molecular weight is 231 g/mol. The van der Waals surface area contributed by atoms with Crippen molar-refractivity contribution in [1.82, 2.24) is 14.8 Å². The lowest BCUT2D eigenvalue weighted by Gasteiger charge is -2.14. The Hall–Kier alpha value is -1.42. The number of aromatic nitrogens is 3. The summed E-state index contributed by atoms with van der Waals surface area (Å²) in [7, 11) is 1.98. The molecule has 0 atom stereocenters. The first-order valence-electron chi connectivity index (χ1n) is 5.41. The highest BCUT2D eigenvalue weighted by Crippen LogP contribution is 2.52. The van der Waals surface area contributed by atoms with Crippen LogP contribution in [-0.2, 0) is 12.5 Å². The molecule has 1 aromatic carbocycles. The lowest BCUT2D eigenvalue weighted by atomic mass is 9.95. The lowest BCUT2D eigenvalue weighted by Crippen LogP contribution is -2.14. The molecule has 1 aromatic heterocycles. The summed E-state index contributed by atoms with van der Waals surface area (Å²) in [6.45, 7) is 0. The van der Waals surface area contributed by atoms with Crippen molar-refractivity contribution in [1.29, 1.82) is 0 Å². The van der Waals surface area contributed by atoms with Crippen molar-refractivity contribution in [2.75, 3.05) is 0 Å². The number of aromatic amines is 1. The number of H-pyrrole nitrogens is 1. The van der Waals surface area contributed by atoms with Crippen LogP contribution in [0.25, 0.3) is 0 Å². The minimum atomic E-state index is 0.101. The minimum Gasteiger partial charge on any atom is -0.307 e. The van der Waals surface area contributed by atoms with E-state index >= 15 is 0 Å². The van der Waals surface area contributed by atoms with Gasteiger partial charge in [-0.3, -0.25) is 5.10 Å². The van der Waals surface area contributed by atoms with Crippen LogP contribution in [0.2, 0.25) is 0 Å². The van der Waals surface area contributed by atoms with Crippen molar-refractivity contribution in [2.24, 2.45) is 7.05 Å². The van der Waals surface area contributed by atoms with E-state index in [1.165, 1.54) is 5.56 Å². The molecule has 3 rings (SSSR count). The Morgan fingerprint density at radius 1 is 1.31 bits per heavy atom. The molecule has 0 spiro atoms. The first-order chi connectivity index (χ1) is 7.74. The molecule has 0 saturated heterocycles. The number of nitrogens with zero attached hydrogens (tertiary/aromatic N) is 2. The van der Waals surface area contributed by atoms with E-state index in [4.69, 9.17) is 12.2 Å². The van der Waals surface area contributed by atoms with Gasteiger partial charge in [0.2, 0.25) is 0 Å². The highest BCUT2D eigenvalue weighted by Gasteiger charge is 2.49. The van der Waals surface area contributed by atoms with Crippen LogP contribution in [0, 0.1) is 4.77 Å². The van der Waals surface area contributed by atoms with Gasteiger partial charge in [0.15, 0.2) is 4.77 Å². The number of benzene rings is 1. The van der Waals surface area contributed by atoms with Crippen LogP contribution in [0.5, 0.6) is 0 Å². The smallest absolute Gasteiger partial charge is 0.194 e. The molecule has 0 unspecified atom stereocenters. The van der Waals surface area contributed by atoms with E-state index in [9.17, 15) is 0 Å². The van der Waals surface area contributed by atoms with Crippen LogP contribution in [-0.4, -0.2) is 14.8 Å². The Kier molecular flexibility index (Phi) is 2.01. The maximum absolute atomic E-state index is 5.17. The van der Waals surface area contributed by atoms with Crippen molar-refractivity contribution in [3.63, 3.8) is 0 Å². The highest BCUT2D eigenvalue weighted by molar-refractivity contribution is 7.71. The van der Waals surface area contributed by atoms with Crippen LogP contribution in [0.3, 0.4) is 0 Å². The van der Waals surface area contributed by atoms with Crippen LogP contribution < -0.4 is 0 Å². The van der Waals surface area contributed by atoms with Gasteiger partial charge in [0.1, 0.15) is 5.82 Å². The Labute approximate surface area is 99.1 Å². The van der Waals surface area contributed by atoms with Gasteiger partial charge in [-0.1, -0.05) is 30.3 Å². The number of rotatable bonds is 2. The zero-order valence-electron chi connectivity index (χ0n) is 9.10. The monoisotopic (exact) mass is 231 g/mol. The summed E-state index contributed by atoms with van der Waals surface area (Å²) in [5.41, 5.74) is 1.44. The topological polar surface area (TPSA) is 33.6 Å². The summed E-state index contributed by atoms with van der Waals surface area (Å²) < 4.78 is 2.67. The molecule has 0 bridgehead atoms. The highest BCUT2D eigenvalue weighted by atomic mass is 32.1. The van der Waals surface area contributed by atoms with Crippen molar-refractivity contribution >= 4 is 12.2 Å². The number of hydrogen-bond donors (Lipinski definition) is 1. The van der Waals surface area contributed by atoms with E-state index in [1.807, 2.05) is 17.7 Å². The summed E-state index contributed by atoms with van der Waals surface area (Å²) in [6, 6.07) is 10.5. The average Bonchev–Trinajstić information content (AvgIpc) is 3.05. The molecule has 1 aliphatic rings. The number of nitrogens with one attached hydrogen (secondary N) is 1. The van der Waals surface area contributed by atoms with E-state index in [0.29, 0.717) is 4.77 Å². The van der Waals surface area contributed by atoms with Crippen molar-refractivity contribution < 1.29 is 0 Å². The SMILES string of the molecule is Cn1c(C2(c3ccccc3)CC2)n[nH]c1=S. The van der Waals surface area contributed by atoms with E-state index in [2.05, 4.69) is 34.5 Å². The van der Waals surface area contributed by atoms with Gasteiger partial charge in [0.25, 0.3) is 0 Å². The molecule has 1 saturated carbocycles. The molecule has 1 fully saturated rings. The molecule has 3 nitrogen and oxygen atoms in total. The molecular formula is C12H13N3S. The molecule has 4 heteroatoms. The Balaban J connectivity index is 2.14. The fourth-order valence-corrected chi connectivity index (χ4v) is 2.43. The summed E-state index contributed by atoms with van der Waals surface area (Å²) >= 11 is 5.17. The van der Waals surface area contributed by atoms with Gasteiger partial charge in [-0.2, -0.15) is 5.10 Å². The maximum atomic E-state index is 5.17. The van der Waals surface area contributed by atoms with E-state index in [1.54, 1.807) is 0 Å². The molecule has 1 aliphatic carbocycles. The fraction of sp³-hybridized carbons (Fsp3) is 0.333. The Bertz CT molecular complexity index is 563.